The number of phenols is 1. The molecule has 8 aromatic rings. The number of rotatable bonds is 12. The third-order valence-electron chi connectivity index (χ3n) is 10.3. The van der Waals surface area contributed by atoms with Gasteiger partial charge in [-0.3, -0.25) is 28.2 Å². The van der Waals surface area contributed by atoms with Gasteiger partial charge in [0, 0.05) is 118 Å². The summed E-state index contributed by atoms with van der Waals surface area (Å²) in [4.78, 5) is 32.1. The Labute approximate surface area is 550 Å². The van der Waals surface area contributed by atoms with Crippen molar-refractivity contribution in [1.29, 1.82) is 0 Å². The van der Waals surface area contributed by atoms with Gasteiger partial charge in [-0.1, -0.05) is 36.4 Å². The van der Waals surface area contributed by atoms with Crippen molar-refractivity contribution < 1.29 is 57.0 Å². The first-order valence-corrected chi connectivity index (χ1v) is 27.3. The largest absolute Gasteiger partial charge is 0.505 e. The molecule has 6 aromatic carbocycles. The van der Waals surface area contributed by atoms with E-state index in [0.717, 1.165) is 47.5 Å². The van der Waals surface area contributed by atoms with Gasteiger partial charge in [0.2, 0.25) is 33.0 Å². The van der Waals surface area contributed by atoms with E-state index in [9.17, 15) is 57.0 Å². The molecule has 80 heavy (non-hydrogen) atoms. The van der Waals surface area contributed by atoms with Crippen LogP contribution in [-0.4, -0.2) is 205 Å². The molecular weight excluding hydrogens is 1210 g/mol. The van der Waals surface area contributed by atoms with Gasteiger partial charge in [0.15, 0.2) is 5.75 Å². The number of benzene rings is 6. The van der Waals surface area contributed by atoms with E-state index in [0.29, 0.717) is 23.5 Å². The molecule has 0 aliphatic heterocycles. The number of para-hydroxylation sites is 2. The number of nitrogens with two attached hydrogens (primary N) is 1. The fraction of sp³-hybridized carbons (Fsp3) is 0.0476. The van der Waals surface area contributed by atoms with Crippen molar-refractivity contribution in [3.05, 3.63) is 141 Å². The first-order valence-electron chi connectivity index (χ1n) is 20.8. The normalized spacial score (nSPS) is 13.1. The van der Waals surface area contributed by atoms with Crippen molar-refractivity contribution in [2.24, 2.45) is 40.4 Å². The van der Waals surface area contributed by atoms with Crippen LogP contribution in [0.4, 0.5) is 51.2 Å². The minimum Gasteiger partial charge on any atom is -0.505 e. The molecular formula is C42H33Cl2N15Na4O13S4. The van der Waals surface area contributed by atoms with E-state index in [1.165, 1.54) is 0 Å². The van der Waals surface area contributed by atoms with Crippen molar-refractivity contribution in [3.63, 3.8) is 0 Å². The van der Waals surface area contributed by atoms with E-state index in [4.69, 9.17) is 28.9 Å². The number of azo groups is 2. The Hall–Kier alpha value is -4.18. The number of aromatic nitrogens is 6. The number of anilines is 1. The maximum atomic E-state index is 12.9. The minimum absolute atomic E-state index is 0. The van der Waals surface area contributed by atoms with Gasteiger partial charge in [-0.15, -0.1) is 20.5 Å². The first kappa shape index (κ1) is 68.3. The fourth-order valence-corrected chi connectivity index (χ4v) is 9.78. The van der Waals surface area contributed by atoms with Crippen LogP contribution in [0.5, 0.6) is 5.75 Å². The molecule has 0 atom stereocenters. The van der Waals surface area contributed by atoms with Crippen LogP contribution in [0.2, 0.25) is 10.6 Å². The van der Waals surface area contributed by atoms with Crippen LogP contribution in [-0.2, 0) is 40.5 Å². The molecule has 2 aromatic heterocycles. The molecule has 0 saturated heterocycles. The van der Waals surface area contributed by atoms with Gasteiger partial charge in [-0.05, 0) is 114 Å². The quantitative estimate of drug-likeness (QED) is 0.0318. The van der Waals surface area contributed by atoms with Gasteiger partial charge >= 0.3 is 0 Å². The predicted molar refractivity (Wildman–Crippen MR) is 293 cm³/mol. The standard InChI is InChI=1S/C42H33Cl2N15O13S4.4Na/c1-19-7-3-5-9-24(19)48-41-52-37(43)50-39(54-41)46-22-11-13-28(73(61,62)63)26(17-22)56-58-34-30(75(67,68)69)15-21-16-31(76(70,71)72)35(36(60)32(21)33(34)45)59-57-27-18-23(12-14-29(27)74(64,65)66)47-40-51-38(44)53-42(55-40)49-25-10-6-4-8-20(25)2;;;;/h3-18,60H,45H2,1-2H3,(H,61,62,63)(H,64,65,66)(H,67,68,69)(H,70,71,72)(H2,46,48,50,52,54)(H2,47,49,51,53,55);;;;. The minimum atomic E-state index is -5.50. The van der Waals surface area contributed by atoms with Crippen LogP contribution >= 0.6 is 23.2 Å². The number of nitrogens with zero attached hydrogens (tertiary/aromatic N) is 10. The molecule has 0 fully saturated rings. The van der Waals surface area contributed by atoms with Crippen molar-refractivity contribution >= 4 is 244 Å². The molecule has 0 bridgehead atoms. The number of halogens is 2. The molecule has 2 heterocycles. The summed E-state index contributed by atoms with van der Waals surface area (Å²) in [6.45, 7) is 3.62. The number of nitrogen functional groups attached to an aromatic ring is 1. The van der Waals surface area contributed by atoms with Crippen LogP contribution in [0.1, 0.15) is 11.1 Å². The smallest absolute Gasteiger partial charge is 0.296 e. The van der Waals surface area contributed by atoms with Gasteiger partial charge in [0.1, 0.15) is 42.3 Å². The average Bonchev–Trinajstić information content (AvgIpc) is 3.30. The third kappa shape index (κ3) is 16.5. The van der Waals surface area contributed by atoms with E-state index in [-0.39, 0.29) is 163 Å². The number of aryl methyl sites for hydroxylation is 2. The monoisotopic (exact) mass is 1250 g/mol. The van der Waals surface area contributed by atoms with Gasteiger partial charge < -0.3 is 20.8 Å². The zero-order valence-corrected chi connectivity index (χ0v) is 55.0. The maximum absolute atomic E-state index is 12.9. The van der Waals surface area contributed by atoms with E-state index in [1.807, 2.05) is 26.0 Å². The number of aromatic hydroxyl groups is 1. The van der Waals surface area contributed by atoms with E-state index >= 15 is 0 Å². The van der Waals surface area contributed by atoms with Crippen molar-refractivity contribution in [1.82, 2.24) is 29.9 Å². The molecule has 0 aliphatic rings. The van der Waals surface area contributed by atoms with Crippen molar-refractivity contribution in [2.45, 2.75) is 33.4 Å². The number of nitrogens with one attached hydrogen (secondary N) is 4. The Morgan fingerprint density at radius 2 is 0.850 bits per heavy atom. The zero-order chi connectivity index (χ0) is 55.1. The van der Waals surface area contributed by atoms with Gasteiger partial charge in [0.25, 0.3) is 40.5 Å². The molecule has 0 spiro atoms. The third-order valence-corrected chi connectivity index (χ3v) is 14.2. The van der Waals surface area contributed by atoms with Gasteiger partial charge in [0.05, 0.1) is 33.8 Å². The van der Waals surface area contributed by atoms with Crippen LogP contribution in [0.15, 0.2) is 157 Å². The molecule has 8 rings (SSSR count). The number of fused-ring (bicyclic) bond motifs is 1. The summed E-state index contributed by atoms with van der Waals surface area (Å²) in [6, 6.07) is 21.0. The zero-order valence-electron chi connectivity index (χ0n) is 42.2. The molecule has 0 unspecified atom stereocenters. The number of aromatic amines is 4. The van der Waals surface area contributed by atoms with E-state index in [2.05, 4.69) is 70.3 Å². The van der Waals surface area contributed by atoms with Crippen molar-refractivity contribution in [3.8, 4) is 5.75 Å². The molecule has 4 radical (unpaired) electrons. The van der Waals surface area contributed by atoms with Crippen molar-refractivity contribution in [2.75, 3.05) is 5.73 Å². The predicted octanol–water partition coefficient (Wildman–Crippen LogP) is 5.38. The average molecular weight is 1250 g/mol. The number of phenolic OH excluding ortho intramolecular Hbond substituents is 1. The topological polar surface area (TPSA) is 452 Å². The summed E-state index contributed by atoms with van der Waals surface area (Å²) < 4.78 is 142. The second-order valence-corrected chi connectivity index (χ2v) is 21.9. The van der Waals surface area contributed by atoms with Crippen LogP contribution in [0.25, 0.3) is 10.8 Å². The molecule has 0 amide bonds. The van der Waals surface area contributed by atoms with Gasteiger partial charge in [-0.25, -0.2) is 20.0 Å². The SMILES string of the molecule is Cc1ccccc1N=c1[nH]c(Cl)nc(=Nc2ccc(S(=O)(=O)O)c(N=Nc3c(S(=O)(=O)O)cc4cc(S(=O)(=O)O)c(N=Nc5cc(N=c6nc(Cl)[nH]c(=Nc7ccccc7C)[nH]6)ccc5S(=O)(=O)O)c(O)c4c3N)c2)[nH]1.[Na].[Na].[Na].[Na]. The Kier molecular flexibility index (Phi) is 23.5. The summed E-state index contributed by atoms with van der Waals surface area (Å²) in [7, 11) is -21.3. The van der Waals surface area contributed by atoms with E-state index in [1.54, 1.807) is 36.4 Å². The molecule has 0 saturated carbocycles. The molecule has 38 heteroatoms. The summed E-state index contributed by atoms with van der Waals surface area (Å²) in [5, 5.41) is 25.0. The summed E-state index contributed by atoms with van der Waals surface area (Å²) >= 11 is 12.4. The summed E-state index contributed by atoms with van der Waals surface area (Å²) in [5.41, 5.74) is 3.95. The molecule has 396 valence electrons. The molecule has 28 nitrogen and oxygen atoms in total. The Balaban J connectivity index is 0.00000344. The fourth-order valence-electron chi connectivity index (χ4n) is 6.90. The second-order valence-electron chi connectivity index (χ2n) is 15.6. The number of hydrogen-bond donors (Lipinski definition) is 10. The maximum Gasteiger partial charge on any atom is 0.296 e. The Morgan fingerprint density at radius 1 is 0.475 bits per heavy atom. The second kappa shape index (κ2) is 27.5. The first-order chi connectivity index (χ1) is 35.6. The molecule has 11 N–H and O–H groups in total. The van der Waals surface area contributed by atoms with E-state index < -0.39 is 105 Å². The summed E-state index contributed by atoms with van der Waals surface area (Å²) in [6.07, 6.45) is 0. The Morgan fingerprint density at radius 3 is 1.24 bits per heavy atom. The van der Waals surface area contributed by atoms with Gasteiger partial charge in [-0.2, -0.15) is 43.6 Å². The summed E-state index contributed by atoms with van der Waals surface area (Å²) in [5.74, 6) is -1.30. The molecule has 0 aliphatic carbocycles. The van der Waals surface area contributed by atoms with Crippen LogP contribution in [0, 0.1) is 13.8 Å². The number of hydrogen-bond acceptors (Lipinski definition) is 20. The van der Waals surface area contributed by atoms with Crippen LogP contribution < -0.4 is 28.2 Å². The van der Waals surface area contributed by atoms with Crippen LogP contribution in [0.3, 0.4) is 0 Å². The Bertz CT molecular complexity index is 4320. The number of H-pyrrole nitrogens is 4.